The number of ether oxygens (including phenoxy) is 1. The molecule has 0 bridgehead atoms. The molecule has 5 N–H and O–H groups in total. The smallest absolute Gasteiger partial charge is 0.271 e. The molecule has 5 rings (SSSR count). The maximum atomic E-state index is 13.9. The van der Waals surface area contributed by atoms with E-state index in [0.717, 1.165) is 49.4 Å². The van der Waals surface area contributed by atoms with Gasteiger partial charge in [-0.1, -0.05) is 25.3 Å². The number of likely N-dealkylation sites (tertiary alicyclic amines) is 1. The first-order chi connectivity index (χ1) is 19.0. The zero-order valence-electron chi connectivity index (χ0n) is 23.7. The van der Waals surface area contributed by atoms with Gasteiger partial charge in [0.05, 0.1) is 7.11 Å². The summed E-state index contributed by atoms with van der Waals surface area (Å²) < 4.78 is 5.46. The molecule has 3 aliphatic rings. The van der Waals surface area contributed by atoms with Gasteiger partial charge >= 0.3 is 0 Å². The number of rotatable bonds is 7. The van der Waals surface area contributed by atoms with Gasteiger partial charge in [0.15, 0.2) is 0 Å². The third-order valence-corrected chi connectivity index (χ3v) is 9.19. The van der Waals surface area contributed by atoms with Crippen LogP contribution in [-0.4, -0.2) is 64.8 Å². The van der Waals surface area contributed by atoms with E-state index in [1.807, 2.05) is 32.0 Å². The number of piperidine rings is 1. The Morgan fingerprint density at radius 2 is 1.93 bits per heavy atom. The quantitative estimate of drug-likeness (QED) is 0.418. The van der Waals surface area contributed by atoms with E-state index >= 15 is 0 Å². The number of amides is 4. The van der Waals surface area contributed by atoms with Crippen molar-refractivity contribution in [3.63, 3.8) is 0 Å². The molecule has 40 heavy (non-hydrogen) atoms. The predicted octanol–water partition coefficient (Wildman–Crippen LogP) is 3.01. The zero-order chi connectivity index (χ0) is 28.7. The van der Waals surface area contributed by atoms with E-state index < -0.39 is 29.8 Å². The molecule has 216 valence electrons. The fourth-order valence-corrected chi connectivity index (χ4v) is 6.93. The highest BCUT2D eigenvalue weighted by atomic mass is 16.5. The number of nitrogens with zero attached hydrogens (tertiary/aromatic N) is 1. The van der Waals surface area contributed by atoms with Crippen molar-refractivity contribution in [1.29, 1.82) is 0 Å². The molecule has 2 aliphatic heterocycles. The molecule has 2 aromatic rings. The van der Waals surface area contributed by atoms with Crippen LogP contribution < -0.4 is 21.1 Å². The van der Waals surface area contributed by atoms with Crippen LogP contribution in [-0.2, 0) is 14.4 Å². The molecule has 3 fully saturated rings. The lowest BCUT2D eigenvalue weighted by molar-refractivity contribution is -0.133. The van der Waals surface area contributed by atoms with Gasteiger partial charge in [-0.05, 0) is 76.0 Å². The monoisotopic (exact) mass is 551 g/mol. The van der Waals surface area contributed by atoms with Gasteiger partial charge < -0.3 is 31.0 Å². The van der Waals surface area contributed by atoms with Crippen LogP contribution in [0.4, 0.5) is 0 Å². The van der Waals surface area contributed by atoms with Crippen LogP contribution in [0.25, 0.3) is 10.9 Å². The van der Waals surface area contributed by atoms with Crippen molar-refractivity contribution in [1.82, 2.24) is 20.5 Å². The third-order valence-electron chi connectivity index (χ3n) is 9.19. The van der Waals surface area contributed by atoms with Gasteiger partial charge in [0.2, 0.25) is 17.7 Å². The molecule has 1 aromatic heterocycles. The second-order valence-electron chi connectivity index (χ2n) is 12.6. The largest absolute Gasteiger partial charge is 0.496 e. The molecule has 1 spiro atoms. The lowest BCUT2D eigenvalue weighted by Crippen LogP contribution is -2.55. The van der Waals surface area contributed by atoms with E-state index in [9.17, 15) is 19.2 Å². The van der Waals surface area contributed by atoms with Crippen LogP contribution in [0.5, 0.6) is 5.75 Å². The molecule has 2 saturated heterocycles. The Morgan fingerprint density at radius 1 is 1.18 bits per heavy atom. The van der Waals surface area contributed by atoms with Crippen LogP contribution in [0.15, 0.2) is 24.3 Å². The van der Waals surface area contributed by atoms with Crippen molar-refractivity contribution in [2.45, 2.75) is 89.3 Å². The zero-order valence-corrected chi connectivity index (χ0v) is 23.7. The Bertz CT molecular complexity index is 1310. The number of carbonyl (C=O) groups excluding carboxylic acids is 4. The minimum absolute atomic E-state index is 0.128. The van der Waals surface area contributed by atoms with Crippen molar-refractivity contribution >= 4 is 34.5 Å². The first kappa shape index (κ1) is 28.0. The van der Waals surface area contributed by atoms with Crippen LogP contribution in [0.3, 0.4) is 0 Å². The van der Waals surface area contributed by atoms with Gasteiger partial charge in [0.25, 0.3) is 5.91 Å². The molecule has 1 saturated carbocycles. The first-order valence-electron chi connectivity index (χ1n) is 14.4. The number of aromatic nitrogens is 1. The van der Waals surface area contributed by atoms with Crippen LogP contribution in [0.2, 0.25) is 0 Å². The summed E-state index contributed by atoms with van der Waals surface area (Å²) in [5, 5.41) is 6.62. The molecule has 4 amide bonds. The summed E-state index contributed by atoms with van der Waals surface area (Å²) in [6.45, 7) is 4.41. The lowest BCUT2D eigenvalue weighted by atomic mass is 9.72. The number of nitrogens with two attached hydrogens (primary N) is 1. The summed E-state index contributed by atoms with van der Waals surface area (Å²) in [5.74, 6) is -1.23. The van der Waals surface area contributed by atoms with Crippen molar-refractivity contribution in [3.8, 4) is 5.75 Å². The minimum atomic E-state index is -0.998. The van der Waals surface area contributed by atoms with E-state index in [2.05, 4.69) is 15.6 Å². The first-order valence-corrected chi connectivity index (χ1v) is 14.4. The Hall–Kier alpha value is -3.56. The fraction of sp³-hybridized carbons (Fsp3) is 0.600. The summed E-state index contributed by atoms with van der Waals surface area (Å²) in [4.78, 5) is 57.7. The maximum Gasteiger partial charge on any atom is 0.271 e. The highest BCUT2D eigenvalue weighted by Gasteiger charge is 2.49. The van der Waals surface area contributed by atoms with E-state index in [-0.39, 0.29) is 29.2 Å². The Balaban J connectivity index is 1.37. The second kappa shape index (κ2) is 10.8. The number of hydrogen-bond acceptors (Lipinski definition) is 5. The topological polar surface area (TPSA) is 147 Å². The highest BCUT2D eigenvalue weighted by molar-refractivity contribution is 6.02. The number of nitrogens with one attached hydrogen (secondary N) is 3. The van der Waals surface area contributed by atoms with Gasteiger partial charge in [-0.15, -0.1) is 0 Å². The van der Waals surface area contributed by atoms with Crippen molar-refractivity contribution in [3.05, 3.63) is 30.0 Å². The average Bonchev–Trinajstić information content (AvgIpc) is 3.51. The van der Waals surface area contributed by atoms with Crippen molar-refractivity contribution in [2.24, 2.45) is 17.1 Å². The van der Waals surface area contributed by atoms with Crippen LogP contribution in [0.1, 0.15) is 82.1 Å². The second-order valence-corrected chi connectivity index (χ2v) is 12.6. The highest BCUT2D eigenvalue weighted by Crippen LogP contribution is 2.47. The van der Waals surface area contributed by atoms with Gasteiger partial charge in [-0.25, -0.2) is 0 Å². The number of carbonyl (C=O) groups is 4. The summed E-state index contributed by atoms with van der Waals surface area (Å²) in [6, 6.07) is 5.61. The number of primary amides is 1. The molecule has 3 heterocycles. The van der Waals surface area contributed by atoms with Gasteiger partial charge in [0.1, 0.15) is 23.5 Å². The fourth-order valence-electron chi connectivity index (χ4n) is 6.93. The number of methoxy groups -OCH3 is 1. The Labute approximate surface area is 234 Å². The molecule has 10 nitrogen and oxygen atoms in total. The number of H-pyrrole nitrogens is 1. The molecule has 3 atom stereocenters. The number of hydrogen-bond donors (Lipinski definition) is 4. The molecule has 10 heteroatoms. The van der Waals surface area contributed by atoms with Crippen molar-refractivity contribution in [2.75, 3.05) is 13.7 Å². The van der Waals surface area contributed by atoms with Crippen LogP contribution in [0, 0.1) is 11.3 Å². The maximum absolute atomic E-state index is 13.9. The number of fused-ring (bicyclic) bond motifs is 1. The summed E-state index contributed by atoms with van der Waals surface area (Å²) in [7, 11) is 1.59. The normalized spacial score (nSPS) is 24.5. The van der Waals surface area contributed by atoms with Gasteiger partial charge in [0, 0.05) is 28.9 Å². The molecular formula is C30H41N5O5. The summed E-state index contributed by atoms with van der Waals surface area (Å²) >= 11 is 0. The molecule has 1 unspecified atom stereocenters. The van der Waals surface area contributed by atoms with E-state index in [1.165, 1.54) is 0 Å². The van der Waals surface area contributed by atoms with E-state index in [4.69, 9.17) is 10.5 Å². The van der Waals surface area contributed by atoms with E-state index in [0.29, 0.717) is 30.8 Å². The Morgan fingerprint density at radius 3 is 2.60 bits per heavy atom. The van der Waals surface area contributed by atoms with Gasteiger partial charge in [-0.2, -0.15) is 0 Å². The predicted molar refractivity (Wildman–Crippen MR) is 150 cm³/mol. The number of aromatic amines is 1. The molecule has 1 aromatic carbocycles. The summed E-state index contributed by atoms with van der Waals surface area (Å²) in [6.07, 6.45) is 7.25. The molecule has 0 radical (unpaired) electrons. The van der Waals surface area contributed by atoms with Gasteiger partial charge in [-0.3, -0.25) is 19.2 Å². The van der Waals surface area contributed by atoms with Crippen LogP contribution >= 0.6 is 0 Å². The molecule has 1 aliphatic carbocycles. The minimum Gasteiger partial charge on any atom is -0.496 e. The average molecular weight is 552 g/mol. The Kier molecular flexibility index (Phi) is 7.54. The number of benzene rings is 1. The summed E-state index contributed by atoms with van der Waals surface area (Å²) in [5.41, 5.74) is 6.44. The van der Waals surface area contributed by atoms with Crippen molar-refractivity contribution < 1.29 is 23.9 Å². The standard InChI is InChI=1S/C30H41N5O5/c1-29(2)13-10-18(26(37)34-29)14-21(25(31)36)33-27(38)23-16-30(11-5-4-6-12-30)17-35(23)28(39)22-15-19-20(32-22)8-7-9-24(19)40-3/h7-9,15,18,21,23,32H,4-6,10-14,16-17H2,1-3H3,(H2,31,36)(H,33,38)(H,34,37)/t18?,21-,23+/m0/s1. The lowest BCUT2D eigenvalue weighted by Gasteiger charge is -2.36. The van der Waals surface area contributed by atoms with E-state index in [1.54, 1.807) is 18.1 Å². The SMILES string of the molecule is COc1cccc2[nH]c(C(=O)N3CC4(CCCCC4)C[C@@H]3C(=O)N[C@@H](CC3CCC(C)(C)NC3=O)C(N)=O)cc12. The molecular weight excluding hydrogens is 510 g/mol. The third kappa shape index (κ3) is 5.53.